The zero-order valence-corrected chi connectivity index (χ0v) is 16.5. The molecule has 2 aliphatic heterocycles. The van der Waals surface area contributed by atoms with Crippen LogP contribution in [0.5, 0.6) is 0 Å². The monoisotopic (exact) mass is 394 g/mol. The van der Waals surface area contributed by atoms with Crippen molar-refractivity contribution < 1.29 is 19.1 Å². The Morgan fingerprint density at radius 2 is 2.04 bits per heavy atom. The summed E-state index contributed by atoms with van der Waals surface area (Å²) < 4.78 is 6.18. The van der Waals surface area contributed by atoms with Crippen molar-refractivity contribution in [3.05, 3.63) is 21.4 Å². The van der Waals surface area contributed by atoms with Gasteiger partial charge in [0, 0.05) is 30.4 Å². The highest BCUT2D eigenvalue weighted by Crippen LogP contribution is 2.44. The molecule has 0 bridgehead atoms. The SMILES string of the molecule is CC(C)NC(=O)c1cc2c(s1)CCOC21CCN(C(=O)CNC(N)=O)CC1. The number of rotatable bonds is 4. The molecular weight excluding hydrogens is 368 g/mol. The first-order valence-corrected chi connectivity index (χ1v) is 10.0. The Hall–Kier alpha value is -2.13. The van der Waals surface area contributed by atoms with Gasteiger partial charge in [0.25, 0.3) is 5.91 Å². The minimum absolute atomic E-state index is 0.0512. The number of hydrogen-bond acceptors (Lipinski definition) is 5. The number of piperidine rings is 1. The van der Waals surface area contributed by atoms with Crippen LogP contribution in [0.25, 0.3) is 0 Å². The molecule has 1 fully saturated rings. The molecule has 0 unspecified atom stereocenters. The third kappa shape index (κ3) is 4.24. The summed E-state index contributed by atoms with van der Waals surface area (Å²) in [5.74, 6) is -0.202. The summed E-state index contributed by atoms with van der Waals surface area (Å²) in [6, 6.07) is 1.34. The van der Waals surface area contributed by atoms with Crippen LogP contribution in [-0.4, -0.2) is 55.0 Å². The number of hydrogen-bond donors (Lipinski definition) is 3. The Morgan fingerprint density at radius 1 is 1.33 bits per heavy atom. The number of amides is 4. The Kier molecular flexibility index (Phi) is 5.71. The summed E-state index contributed by atoms with van der Waals surface area (Å²) in [7, 11) is 0. The lowest BCUT2D eigenvalue weighted by atomic mass is 9.82. The quantitative estimate of drug-likeness (QED) is 0.705. The van der Waals surface area contributed by atoms with Gasteiger partial charge in [0.05, 0.1) is 23.6 Å². The number of nitrogens with two attached hydrogens (primary N) is 1. The lowest BCUT2D eigenvalue weighted by Crippen LogP contribution is -2.50. The highest BCUT2D eigenvalue weighted by molar-refractivity contribution is 7.14. The third-order valence-corrected chi connectivity index (χ3v) is 6.18. The predicted octanol–water partition coefficient (Wildman–Crippen LogP) is 0.945. The maximum absolute atomic E-state index is 12.4. The summed E-state index contributed by atoms with van der Waals surface area (Å²) >= 11 is 1.54. The average molecular weight is 394 g/mol. The smallest absolute Gasteiger partial charge is 0.312 e. The molecule has 1 aromatic heterocycles. The van der Waals surface area contributed by atoms with E-state index in [1.807, 2.05) is 19.9 Å². The van der Waals surface area contributed by atoms with Crippen LogP contribution in [0.1, 0.15) is 46.8 Å². The Morgan fingerprint density at radius 3 is 2.67 bits per heavy atom. The van der Waals surface area contributed by atoms with Gasteiger partial charge in [-0.25, -0.2) is 4.79 Å². The van der Waals surface area contributed by atoms with Crippen molar-refractivity contribution in [2.24, 2.45) is 5.73 Å². The van der Waals surface area contributed by atoms with Gasteiger partial charge in [-0.15, -0.1) is 11.3 Å². The largest absolute Gasteiger partial charge is 0.370 e. The average Bonchev–Trinajstić information content (AvgIpc) is 3.06. The van der Waals surface area contributed by atoms with Crippen molar-refractivity contribution in [1.82, 2.24) is 15.5 Å². The van der Waals surface area contributed by atoms with Gasteiger partial charge in [0.1, 0.15) is 0 Å². The minimum atomic E-state index is -0.706. The zero-order valence-electron chi connectivity index (χ0n) is 15.7. The molecule has 0 atom stereocenters. The fraction of sp³-hybridized carbons (Fsp3) is 0.611. The second-order valence-corrected chi connectivity index (χ2v) is 8.40. The van der Waals surface area contributed by atoms with E-state index in [9.17, 15) is 14.4 Å². The van der Waals surface area contributed by atoms with Gasteiger partial charge in [-0.3, -0.25) is 9.59 Å². The van der Waals surface area contributed by atoms with Gasteiger partial charge in [0.2, 0.25) is 5.91 Å². The minimum Gasteiger partial charge on any atom is -0.370 e. The molecule has 8 nitrogen and oxygen atoms in total. The van der Waals surface area contributed by atoms with Crippen LogP contribution in [0.15, 0.2) is 6.07 Å². The number of nitrogens with one attached hydrogen (secondary N) is 2. The van der Waals surface area contributed by atoms with E-state index in [1.54, 1.807) is 4.90 Å². The molecule has 0 aliphatic carbocycles. The van der Waals surface area contributed by atoms with Crippen LogP contribution in [0.4, 0.5) is 4.79 Å². The number of ether oxygens (including phenoxy) is 1. The van der Waals surface area contributed by atoms with Crippen molar-refractivity contribution in [3.8, 4) is 0 Å². The second-order valence-electron chi connectivity index (χ2n) is 7.27. The van der Waals surface area contributed by atoms with Crippen molar-refractivity contribution >= 4 is 29.2 Å². The lowest BCUT2D eigenvalue weighted by Gasteiger charge is -2.44. The second kappa shape index (κ2) is 7.85. The van der Waals surface area contributed by atoms with Crippen LogP contribution in [0.2, 0.25) is 0 Å². The zero-order chi connectivity index (χ0) is 19.6. The maximum atomic E-state index is 12.4. The first-order chi connectivity index (χ1) is 12.8. The third-order valence-electron chi connectivity index (χ3n) is 4.99. The number of fused-ring (bicyclic) bond motifs is 2. The topological polar surface area (TPSA) is 114 Å². The van der Waals surface area contributed by atoms with Crippen molar-refractivity contribution in [3.63, 3.8) is 0 Å². The molecule has 4 N–H and O–H groups in total. The molecule has 148 valence electrons. The van der Waals surface area contributed by atoms with E-state index in [0.29, 0.717) is 37.4 Å². The molecule has 1 spiro atoms. The van der Waals surface area contributed by atoms with Gasteiger partial charge in [-0.2, -0.15) is 0 Å². The fourth-order valence-electron chi connectivity index (χ4n) is 3.67. The van der Waals surface area contributed by atoms with Gasteiger partial charge in [0.15, 0.2) is 0 Å². The number of urea groups is 1. The van der Waals surface area contributed by atoms with Crippen LogP contribution in [0, 0.1) is 0 Å². The van der Waals surface area contributed by atoms with Gasteiger partial charge < -0.3 is 26.0 Å². The lowest BCUT2D eigenvalue weighted by molar-refractivity contribution is -0.139. The molecule has 3 heterocycles. The number of thiophene rings is 1. The summed E-state index contributed by atoms with van der Waals surface area (Å²) in [4.78, 5) is 39.0. The van der Waals surface area contributed by atoms with Crippen LogP contribution in [0.3, 0.4) is 0 Å². The number of likely N-dealkylation sites (tertiary alicyclic amines) is 1. The Labute approximate surface area is 162 Å². The molecule has 27 heavy (non-hydrogen) atoms. The molecular formula is C18H26N4O4S. The Balaban J connectivity index is 1.71. The van der Waals surface area contributed by atoms with E-state index in [4.69, 9.17) is 10.5 Å². The summed E-state index contributed by atoms with van der Waals surface area (Å²) in [5.41, 5.74) is 5.68. The van der Waals surface area contributed by atoms with E-state index >= 15 is 0 Å². The normalized spacial score (nSPS) is 18.3. The summed E-state index contributed by atoms with van der Waals surface area (Å²) in [5, 5.41) is 5.27. The van der Waals surface area contributed by atoms with Crippen molar-refractivity contribution in [2.75, 3.05) is 26.2 Å². The predicted molar refractivity (Wildman–Crippen MR) is 102 cm³/mol. The highest BCUT2D eigenvalue weighted by atomic mass is 32.1. The molecule has 4 amide bonds. The van der Waals surface area contributed by atoms with Crippen molar-refractivity contribution in [1.29, 1.82) is 0 Å². The molecule has 0 radical (unpaired) electrons. The highest BCUT2D eigenvalue weighted by Gasteiger charge is 2.43. The number of carbonyl (C=O) groups excluding carboxylic acids is 3. The molecule has 1 aromatic rings. The van der Waals surface area contributed by atoms with E-state index in [2.05, 4.69) is 10.6 Å². The molecule has 1 saturated heterocycles. The van der Waals surface area contributed by atoms with Crippen LogP contribution in [-0.2, 0) is 21.6 Å². The van der Waals surface area contributed by atoms with E-state index in [-0.39, 0.29) is 24.4 Å². The molecule has 0 saturated carbocycles. The molecule has 2 aliphatic rings. The Bertz CT molecular complexity index is 738. The summed E-state index contributed by atoms with van der Waals surface area (Å²) in [6.07, 6.45) is 2.15. The van der Waals surface area contributed by atoms with Gasteiger partial charge in [-0.05, 0) is 38.3 Å². The number of nitrogens with zero attached hydrogens (tertiary/aromatic N) is 1. The maximum Gasteiger partial charge on any atom is 0.312 e. The number of carbonyl (C=O) groups is 3. The van der Waals surface area contributed by atoms with E-state index in [0.717, 1.165) is 12.0 Å². The fourth-order valence-corrected chi connectivity index (χ4v) is 4.80. The van der Waals surface area contributed by atoms with E-state index in [1.165, 1.54) is 16.2 Å². The molecule has 9 heteroatoms. The van der Waals surface area contributed by atoms with Crippen molar-refractivity contribution in [2.45, 2.75) is 44.8 Å². The van der Waals surface area contributed by atoms with Crippen LogP contribution < -0.4 is 16.4 Å². The number of primary amides is 1. The summed E-state index contributed by atoms with van der Waals surface area (Å²) in [6.45, 7) is 5.50. The molecule has 3 rings (SSSR count). The standard InChI is InChI=1S/C18H26N4O4S/c1-11(2)21-16(24)14-9-12-13(27-14)3-8-26-18(12)4-6-22(7-5-18)15(23)10-20-17(19)25/h9,11H,3-8,10H2,1-2H3,(H,21,24)(H3,19,20,25). The van der Waals surface area contributed by atoms with Crippen LogP contribution >= 0.6 is 11.3 Å². The van der Waals surface area contributed by atoms with Gasteiger partial charge >= 0.3 is 6.03 Å². The first-order valence-electron chi connectivity index (χ1n) is 9.20. The first kappa shape index (κ1) is 19.6. The molecule has 0 aromatic carbocycles. The van der Waals surface area contributed by atoms with E-state index < -0.39 is 11.6 Å². The van der Waals surface area contributed by atoms with Gasteiger partial charge in [-0.1, -0.05) is 0 Å².